The largest absolute Gasteiger partial charge is 0.340 e. The van der Waals surface area contributed by atoms with Gasteiger partial charge in [-0.25, -0.2) is 4.39 Å². The number of nitro groups is 1. The predicted octanol–water partition coefficient (Wildman–Crippen LogP) is 2.62. The number of carbonyl (C=O) groups excluding carboxylic acids is 1. The van der Waals surface area contributed by atoms with E-state index >= 15 is 0 Å². The molecule has 1 aliphatic rings. The molecule has 0 unspecified atom stereocenters. The Hall–Kier alpha value is -2.80. The van der Waals surface area contributed by atoms with Crippen molar-refractivity contribution in [3.63, 3.8) is 0 Å². The maximum atomic E-state index is 12.9. The van der Waals surface area contributed by atoms with E-state index < -0.39 is 4.92 Å². The van der Waals surface area contributed by atoms with E-state index in [4.69, 9.17) is 0 Å². The van der Waals surface area contributed by atoms with Crippen molar-refractivity contribution in [3.8, 4) is 0 Å². The lowest BCUT2D eigenvalue weighted by Gasteiger charge is -2.34. The summed E-state index contributed by atoms with van der Waals surface area (Å²) in [5.41, 5.74) is 1.91. The fourth-order valence-electron chi connectivity index (χ4n) is 3.03. The topological polar surface area (TPSA) is 66.7 Å². The Morgan fingerprint density at radius 3 is 2.12 bits per heavy atom. The van der Waals surface area contributed by atoms with Crippen molar-refractivity contribution < 1.29 is 14.1 Å². The first-order valence-corrected chi connectivity index (χ1v) is 8.49. The zero-order valence-corrected chi connectivity index (χ0v) is 14.3. The molecule has 3 rings (SSSR count). The van der Waals surface area contributed by atoms with Crippen molar-refractivity contribution >= 4 is 11.6 Å². The lowest BCUT2D eigenvalue weighted by atomic mass is 10.1. The Morgan fingerprint density at radius 2 is 1.54 bits per heavy atom. The number of non-ortho nitro benzene ring substituents is 1. The van der Waals surface area contributed by atoms with Gasteiger partial charge < -0.3 is 4.90 Å². The third-order valence-corrected chi connectivity index (χ3v) is 4.55. The Bertz CT molecular complexity index is 770. The van der Waals surface area contributed by atoms with Gasteiger partial charge in [-0.05, 0) is 23.3 Å². The zero-order valence-electron chi connectivity index (χ0n) is 14.3. The summed E-state index contributed by atoms with van der Waals surface area (Å²) in [7, 11) is 0. The molecular formula is C19H20FN3O3. The SMILES string of the molecule is O=C(Cc1ccc(F)cc1)N1CCN(Cc2ccc([N+](=O)[O-])cc2)CC1. The maximum absolute atomic E-state index is 12.9. The van der Waals surface area contributed by atoms with Crippen LogP contribution >= 0.6 is 0 Å². The fourth-order valence-corrected chi connectivity index (χ4v) is 3.03. The quantitative estimate of drug-likeness (QED) is 0.609. The molecule has 7 heteroatoms. The van der Waals surface area contributed by atoms with Crippen LogP contribution in [0.4, 0.5) is 10.1 Å². The highest BCUT2D eigenvalue weighted by molar-refractivity contribution is 5.78. The van der Waals surface area contributed by atoms with E-state index in [1.54, 1.807) is 24.3 Å². The number of amides is 1. The number of hydrogen-bond acceptors (Lipinski definition) is 4. The summed E-state index contributed by atoms with van der Waals surface area (Å²) in [6.07, 6.45) is 0.280. The van der Waals surface area contributed by atoms with Gasteiger partial charge in [0.2, 0.25) is 5.91 Å². The molecule has 2 aromatic rings. The Kier molecular flexibility index (Phi) is 5.58. The minimum atomic E-state index is -0.407. The van der Waals surface area contributed by atoms with Crippen LogP contribution in [-0.4, -0.2) is 46.8 Å². The molecule has 0 saturated carbocycles. The smallest absolute Gasteiger partial charge is 0.269 e. The molecule has 0 radical (unpaired) electrons. The highest BCUT2D eigenvalue weighted by Gasteiger charge is 2.21. The van der Waals surface area contributed by atoms with Crippen molar-refractivity contribution in [2.75, 3.05) is 26.2 Å². The van der Waals surface area contributed by atoms with Crippen LogP contribution in [0.1, 0.15) is 11.1 Å². The van der Waals surface area contributed by atoms with Crippen molar-refractivity contribution in [2.24, 2.45) is 0 Å². The van der Waals surface area contributed by atoms with Crippen LogP contribution < -0.4 is 0 Å². The normalized spacial score (nSPS) is 15.0. The Labute approximate surface area is 151 Å². The lowest BCUT2D eigenvalue weighted by molar-refractivity contribution is -0.384. The number of nitro benzene ring substituents is 1. The molecule has 6 nitrogen and oxygen atoms in total. The first-order chi connectivity index (χ1) is 12.5. The molecule has 1 saturated heterocycles. The summed E-state index contributed by atoms with van der Waals surface area (Å²) < 4.78 is 12.9. The van der Waals surface area contributed by atoms with Crippen LogP contribution in [0.25, 0.3) is 0 Å². The van der Waals surface area contributed by atoms with Gasteiger partial charge in [0.05, 0.1) is 11.3 Å². The second kappa shape index (κ2) is 8.05. The van der Waals surface area contributed by atoms with E-state index in [9.17, 15) is 19.3 Å². The summed E-state index contributed by atoms with van der Waals surface area (Å²) in [4.78, 5) is 26.7. The average Bonchev–Trinajstić information content (AvgIpc) is 2.64. The lowest BCUT2D eigenvalue weighted by Crippen LogP contribution is -2.48. The number of piperazine rings is 1. The third-order valence-electron chi connectivity index (χ3n) is 4.55. The van der Waals surface area contributed by atoms with Gasteiger partial charge in [0.1, 0.15) is 5.82 Å². The van der Waals surface area contributed by atoms with E-state index in [1.807, 2.05) is 4.90 Å². The molecule has 1 fully saturated rings. The summed E-state index contributed by atoms with van der Waals surface area (Å²) in [6.45, 7) is 3.51. The van der Waals surface area contributed by atoms with Crippen molar-refractivity contribution in [1.82, 2.24) is 9.80 Å². The molecule has 1 aliphatic heterocycles. The molecule has 0 aromatic heterocycles. The molecule has 26 heavy (non-hydrogen) atoms. The molecule has 0 aliphatic carbocycles. The maximum Gasteiger partial charge on any atom is 0.269 e. The van der Waals surface area contributed by atoms with Gasteiger partial charge in [-0.15, -0.1) is 0 Å². The Morgan fingerprint density at radius 1 is 0.962 bits per heavy atom. The number of benzene rings is 2. The summed E-state index contributed by atoms with van der Waals surface area (Å²) in [6, 6.07) is 12.6. The standard InChI is InChI=1S/C19H20FN3O3/c20-17-5-1-15(2-6-17)13-19(24)22-11-9-21(10-12-22)14-16-3-7-18(8-4-16)23(25)26/h1-8H,9-14H2. The number of nitrogens with zero attached hydrogens (tertiary/aromatic N) is 3. The van der Waals surface area contributed by atoms with Crippen LogP contribution in [0.5, 0.6) is 0 Å². The predicted molar refractivity (Wildman–Crippen MR) is 95.1 cm³/mol. The second-order valence-electron chi connectivity index (χ2n) is 6.38. The molecule has 1 amide bonds. The number of rotatable bonds is 5. The van der Waals surface area contributed by atoms with Crippen molar-refractivity contribution in [2.45, 2.75) is 13.0 Å². The zero-order chi connectivity index (χ0) is 18.5. The van der Waals surface area contributed by atoms with E-state index in [0.717, 1.165) is 24.2 Å². The van der Waals surface area contributed by atoms with Gasteiger partial charge in [0, 0.05) is 44.9 Å². The van der Waals surface area contributed by atoms with Crippen LogP contribution in [-0.2, 0) is 17.8 Å². The van der Waals surface area contributed by atoms with Gasteiger partial charge >= 0.3 is 0 Å². The molecule has 2 aromatic carbocycles. The van der Waals surface area contributed by atoms with Gasteiger partial charge in [-0.3, -0.25) is 19.8 Å². The molecule has 1 heterocycles. The molecule has 0 atom stereocenters. The first kappa shape index (κ1) is 18.0. The van der Waals surface area contributed by atoms with Gasteiger partial charge in [0.25, 0.3) is 5.69 Å². The van der Waals surface area contributed by atoms with Gasteiger partial charge in [-0.2, -0.15) is 0 Å². The van der Waals surface area contributed by atoms with Crippen LogP contribution in [0.3, 0.4) is 0 Å². The van der Waals surface area contributed by atoms with Crippen LogP contribution in [0, 0.1) is 15.9 Å². The van der Waals surface area contributed by atoms with E-state index in [0.29, 0.717) is 19.6 Å². The highest BCUT2D eigenvalue weighted by Crippen LogP contribution is 2.15. The molecular weight excluding hydrogens is 337 g/mol. The summed E-state index contributed by atoms with van der Waals surface area (Å²) in [5.74, 6) is -0.257. The minimum Gasteiger partial charge on any atom is -0.340 e. The molecule has 0 N–H and O–H groups in total. The molecule has 0 bridgehead atoms. The average molecular weight is 357 g/mol. The second-order valence-corrected chi connectivity index (χ2v) is 6.38. The molecule has 136 valence electrons. The number of halogens is 1. The Balaban J connectivity index is 1.48. The number of hydrogen-bond donors (Lipinski definition) is 0. The van der Waals surface area contributed by atoms with Crippen LogP contribution in [0.15, 0.2) is 48.5 Å². The van der Waals surface area contributed by atoms with Gasteiger partial charge in [0.15, 0.2) is 0 Å². The highest BCUT2D eigenvalue weighted by atomic mass is 19.1. The van der Waals surface area contributed by atoms with Crippen LogP contribution in [0.2, 0.25) is 0 Å². The van der Waals surface area contributed by atoms with E-state index in [-0.39, 0.29) is 23.8 Å². The summed E-state index contributed by atoms with van der Waals surface area (Å²) >= 11 is 0. The summed E-state index contributed by atoms with van der Waals surface area (Å²) in [5, 5.41) is 10.7. The van der Waals surface area contributed by atoms with Crippen molar-refractivity contribution in [1.29, 1.82) is 0 Å². The monoisotopic (exact) mass is 357 g/mol. The van der Waals surface area contributed by atoms with E-state index in [1.165, 1.54) is 24.3 Å². The minimum absolute atomic E-state index is 0.0478. The van der Waals surface area contributed by atoms with E-state index in [2.05, 4.69) is 4.90 Å². The first-order valence-electron chi connectivity index (χ1n) is 8.49. The third kappa shape index (κ3) is 4.64. The van der Waals surface area contributed by atoms with Crippen molar-refractivity contribution in [3.05, 3.63) is 75.6 Å². The fraction of sp³-hybridized carbons (Fsp3) is 0.316. The van der Waals surface area contributed by atoms with Gasteiger partial charge in [-0.1, -0.05) is 24.3 Å². The number of carbonyl (C=O) groups is 1. The molecule has 0 spiro atoms.